The second kappa shape index (κ2) is 5.78. The van der Waals surface area contributed by atoms with Gasteiger partial charge in [-0.15, -0.1) is 0 Å². The first kappa shape index (κ1) is 14.4. The topological polar surface area (TPSA) is 45.8 Å². The summed E-state index contributed by atoms with van der Waals surface area (Å²) < 4.78 is 0. The first-order chi connectivity index (χ1) is 11.7. The van der Waals surface area contributed by atoms with Gasteiger partial charge in [0.25, 0.3) is 0 Å². The SMILES string of the molecule is Cc1ccc2c(=O)c(-c3ccccc3)c(-c3ccccc3)[nH]c2n1. The van der Waals surface area contributed by atoms with Crippen LogP contribution in [0.15, 0.2) is 77.6 Å². The largest absolute Gasteiger partial charge is 0.338 e. The number of rotatable bonds is 2. The number of H-pyrrole nitrogens is 1. The predicted molar refractivity (Wildman–Crippen MR) is 98.0 cm³/mol. The third-order valence-corrected chi connectivity index (χ3v) is 4.12. The molecule has 0 saturated heterocycles. The van der Waals surface area contributed by atoms with Crippen molar-refractivity contribution in [2.75, 3.05) is 0 Å². The van der Waals surface area contributed by atoms with Crippen molar-refractivity contribution in [3.63, 3.8) is 0 Å². The lowest BCUT2D eigenvalue weighted by Crippen LogP contribution is -2.10. The van der Waals surface area contributed by atoms with Crippen LogP contribution in [0.25, 0.3) is 33.4 Å². The molecule has 3 heteroatoms. The summed E-state index contributed by atoms with van der Waals surface area (Å²) in [5.74, 6) is 0. The molecule has 0 bridgehead atoms. The molecule has 0 radical (unpaired) electrons. The summed E-state index contributed by atoms with van der Waals surface area (Å²) in [5, 5.41) is 0.610. The zero-order valence-corrected chi connectivity index (χ0v) is 13.3. The minimum atomic E-state index is 0.00121. The summed E-state index contributed by atoms with van der Waals surface area (Å²) in [5.41, 5.74) is 4.86. The highest BCUT2D eigenvalue weighted by Gasteiger charge is 2.15. The molecule has 0 fully saturated rings. The molecule has 24 heavy (non-hydrogen) atoms. The Morgan fingerprint density at radius 3 is 2.08 bits per heavy atom. The Balaban J connectivity index is 2.14. The molecule has 0 aliphatic carbocycles. The number of nitrogens with one attached hydrogen (secondary N) is 1. The van der Waals surface area contributed by atoms with Crippen LogP contribution in [0.4, 0.5) is 0 Å². The van der Waals surface area contributed by atoms with E-state index < -0.39 is 0 Å². The number of aromatic nitrogens is 2. The van der Waals surface area contributed by atoms with Crippen LogP contribution in [0.3, 0.4) is 0 Å². The zero-order valence-electron chi connectivity index (χ0n) is 13.3. The van der Waals surface area contributed by atoms with Crippen molar-refractivity contribution in [2.45, 2.75) is 6.92 Å². The first-order valence-electron chi connectivity index (χ1n) is 7.88. The van der Waals surface area contributed by atoms with Gasteiger partial charge in [0.1, 0.15) is 5.65 Å². The summed E-state index contributed by atoms with van der Waals surface area (Å²) in [6, 6.07) is 23.4. The first-order valence-corrected chi connectivity index (χ1v) is 7.88. The van der Waals surface area contributed by atoms with Crippen molar-refractivity contribution in [1.29, 1.82) is 0 Å². The van der Waals surface area contributed by atoms with Gasteiger partial charge < -0.3 is 4.98 Å². The minimum Gasteiger partial charge on any atom is -0.338 e. The number of aryl methyl sites for hydroxylation is 1. The van der Waals surface area contributed by atoms with Gasteiger partial charge in [-0.05, 0) is 30.2 Å². The molecule has 0 spiro atoms. The third-order valence-electron chi connectivity index (χ3n) is 4.12. The lowest BCUT2D eigenvalue weighted by atomic mass is 9.97. The normalized spacial score (nSPS) is 10.9. The minimum absolute atomic E-state index is 0.00121. The van der Waals surface area contributed by atoms with E-state index in [0.717, 1.165) is 22.5 Å². The van der Waals surface area contributed by atoms with Crippen LogP contribution in [0.5, 0.6) is 0 Å². The standard InChI is InChI=1S/C21H16N2O/c1-14-12-13-17-20(24)18(15-8-4-2-5-9-15)19(23-21(17)22-14)16-10-6-3-7-11-16/h2-13H,1H3,(H,22,23,24). The highest BCUT2D eigenvalue weighted by atomic mass is 16.1. The Hall–Kier alpha value is -3.20. The molecular formula is C21H16N2O. The number of pyridine rings is 2. The average molecular weight is 312 g/mol. The molecule has 2 heterocycles. The van der Waals surface area contributed by atoms with Gasteiger partial charge in [0.2, 0.25) is 0 Å². The molecule has 0 aliphatic rings. The highest BCUT2D eigenvalue weighted by molar-refractivity contribution is 5.89. The number of aromatic amines is 1. The molecule has 4 rings (SSSR count). The molecule has 2 aromatic carbocycles. The summed E-state index contributed by atoms with van der Waals surface area (Å²) >= 11 is 0. The van der Waals surface area contributed by atoms with E-state index in [-0.39, 0.29) is 5.43 Å². The Kier molecular flexibility index (Phi) is 3.47. The zero-order chi connectivity index (χ0) is 16.5. The maximum Gasteiger partial charge on any atom is 0.199 e. The van der Waals surface area contributed by atoms with Gasteiger partial charge in [-0.3, -0.25) is 4.79 Å². The van der Waals surface area contributed by atoms with Crippen molar-refractivity contribution < 1.29 is 0 Å². The van der Waals surface area contributed by atoms with E-state index in [4.69, 9.17) is 0 Å². The van der Waals surface area contributed by atoms with Crippen LogP contribution in [0, 0.1) is 6.92 Å². The number of nitrogens with zero attached hydrogens (tertiary/aromatic N) is 1. The molecule has 0 amide bonds. The van der Waals surface area contributed by atoms with Gasteiger partial charge >= 0.3 is 0 Å². The molecule has 0 atom stereocenters. The average Bonchev–Trinajstić information content (AvgIpc) is 2.63. The van der Waals surface area contributed by atoms with E-state index in [0.29, 0.717) is 16.6 Å². The second-order valence-corrected chi connectivity index (χ2v) is 5.78. The van der Waals surface area contributed by atoms with Gasteiger partial charge in [-0.1, -0.05) is 60.7 Å². The number of benzene rings is 2. The van der Waals surface area contributed by atoms with Crippen molar-refractivity contribution in [1.82, 2.24) is 9.97 Å². The van der Waals surface area contributed by atoms with Crippen LogP contribution >= 0.6 is 0 Å². The number of hydrogen-bond donors (Lipinski definition) is 1. The lowest BCUT2D eigenvalue weighted by Gasteiger charge is -2.12. The van der Waals surface area contributed by atoms with E-state index in [2.05, 4.69) is 9.97 Å². The highest BCUT2D eigenvalue weighted by Crippen LogP contribution is 2.29. The molecule has 0 unspecified atom stereocenters. The summed E-state index contributed by atoms with van der Waals surface area (Å²) in [6.45, 7) is 1.92. The van der Waals surface area contributed by atoms with Gasteiger partial charge in [0.05, 0.1) is 16.6 Å². The van der Waals surface area contributed by atoms with Crippen LogP contribution in [-0.2, 0) is 0 Å². The fourth-order valence-corrected chi connectivity index (χ4v) is 2.97. The van der Waals surface area contributed by atoms with Crippen LogP contribution in [0.1, 0.15) is 5.69 Å². The van der Waals surface area contributed by atoms with E-state index in [9.17, 15) is 4.79 Å². The van der Waals surface area contributed by atoms with Gasteiger partial charge in [0.15, 0.2) is 5.43 Å². The smallest absolute Gasteiger partial charge is 0.199 e. The molecule has 3 nitrogen and oxygen atoms in total. The Labute approximate surface area is 139 Å². The van der Waals surface area contributed by atoms with Crippen LogP contribution < -0.4 is 5.43 Å². The van der Waals surface area contributed by atoms with Gasteiger partial charge in [-0.2, -0.15) is 0 Å². The van der Waals surface area contributed by atoms with Gasteiger partial charge in [0, 0.05) is 5.69 Å². The number of hydrogen-bond acceptors (Lipinski definition) is 2. The van der Waals surface area contributed by atoms with Crippen LogP contribution in [0.2, 0.25) is 0 Å². The fourth-order valence-electron chi connectivity index (χ4n) is 2.97. The van der Waals surface area contributed by atoms with Crippen molar-refractivity contribution in [2.24, 2.45) is 0 Å². The van der Waals surface area contributed by atoms with Gasteiger partial charge in [-0.25, -0.2) is 4.98 Å². The predicted octanol–water partition coefficient (Wildman–Crippen LogP) is 4.57. The van der Waals surface area contributed by atoms with E-state index in [1.54, 1.807) is 0 Å². The molecule has 0 aliphatic heterocycles. The lowest BCUT2D eigenvalue weighted by molar-refractivity contribution is 1.20. The molecule has 0 saturated carbocycles. The summed E-state index contributed by atoms with van der Waals surface area (Å²) in [4.78, 5) is 21.1. The molecule has 2 aromatic heterocycles. The maximum atomic E-state index is 13.2. The molecule has 116 valence electrons. The van der Waals surface area contributed by atoms with E-state index in [1.807, 2.05) is 79.7 Å². The molecule has 1 N–H and O–H groups in total. The quantitative estimate of drug-likeness (QED) is 0.589. The third kappa shape index (κ3) is 2.40. The van der Waals surface area contributed by atoms with Crippen LogP contribution in [-0.4, -0.2) is 9.97 Å². The fraction of sp³-hybridized carbons (Fsp3) is 0.0476. The Bertz CT molecular complexity index is 1070. The number of fused-ring (bicyclic) bond motifs is 1. The molecule has 4 aromatic rings. The summed E-state index contributed by atoms with van der Waals surface area (Å²) in [6.07, 6.45) is 0. The van der Waals surface area contributed by atoms with E-state index in [1.165, 1.54) is 0 Å². The Morgan fingerprint density at radius 1 is 0.792 bits per heavy atom. The summed E-state index contributed by atoms with van der Waals surface area (Å²) in [7, 11) is 0. The second-order valence-electron chi connectivity index (χ2n) is 5.78. The maximum absolute atomic E-state index is 13.2. The van der Waals surface area contributed by atoms with E-state index >= 15 is 0 Å². The van der Waals surface area contributed by atoms with Crippen molar-refractivity contribution >= 4 is 11.0 Å². The Morgan fingerprint density at radius 2 is 1.42 bits per heavy atom. The monoisotopic (exact) mass is 312 g/mol. The van der Waals surface area contributed by atoms with Crippen molar-refractivity contribution in [3.05, 3.63) is 88.7 Å². The van der Waals surface area contributed by atoms with Crippen molar-refractivity contribution in [3.8, 4) is 22.4 Å². The molecular weight excluding hydrogens is 296 g/mol.